The van der Waals surface area contributed by atoms with Crippen molar-refractivity contribution in [2.75, 3.05) is 23.7 Å². The number of anilines is 1. The van der Waals surface area contributed by atoms with Crippen molar-refractivity contribution >= 4 is 43.5 Å². The number of hydrogen-bond donors (Lipinski definition) is 1. The molecule has 1 atom stereocenters. The fraction of sp³-hybridized carbons (Fsp3) is 0.417. The SMILES string of the molecule is CCCNC(=O)C(C)N(Cc1cccc(Br)c1)C(=O)CN(c1c(C)cccc1C)S(C)(=O)=O. The van der Waals surface area contributed by atoms with Gasteiger partial charge in [0.15, 0.2) is 0 Å². The lowest BCUT2D eigenvalue weighted by Gasteiger charge is -2.32. The van der Waals surface area contributed by atoms with Crippen LogP contribution in [-0.2, 0) is 26.2 Å². The van der Waals surface area contributed by atoms with Crippen LogP contribution in [0.15, 0.2) is 46.9 Å². The van der Waals surface area contributed by atoms with E-state index in [-0.39, 0.29) is 12.5 Å². The summed E-state index contributed by atoms with van der Waals surface area (Å²) in [7, 11) is -3.75. The summed E-state index contributed by atoms with van der Waals surface area (Å²) in [4.78, 5) is 27.7. The number of nitrogens with zero attached hydrogens (tertiary/aromatic N) is 2. The second-order valence-electron chi connectivity index (χ2n) is 8.13. The van der Waals surface area contributed by atoms with Crippen molar-refractivity contribution in [2.24, 2.45) is 0 Å². The van der Waals surface area contributed by atoms with Crippen molar-refractivity contribution in [3.05, 3.63) is 63.6 Å². The summed E-state index contributed by atoms with van der Waals surface area (Å²) in [5.41, 5.74) is 2.81. The molecule has 7 nitrogen and oxygen atoms in total. The Morgan fingerprint density at radius 2 is 1.70 bits per heavy atom. The monoisotopic (exact) mass is 537 g/mol. The Morgan fingerprint density at radius 1 is 1.09 bits per heavy atom. The van der Waals surface area contributed by atoms with Gasteiger partial charge in [-0.15, -0.1) is 0 Å². The minimum atomic E-state index is -3.75. The normalized spacial score (nSPS) is 12.2. The maximum absolute atomic E-state index is 13.5. The number of sulfonamides is 1. The fourth-order valence-electron chi connectivity index (χ4n) is 3.59. The molecule has 0 aromatic heterocycles. The van der Waals surface area contributed by atoms with Gasteiger partial charge in [-0.05, 0) is 56.0 Å². The number of halogens is 1. The molecule has 0 radical (unpaired) electrons. The van der Waals surface area contributed by atoms with Crippen LogP contribution in [0, 0.1) is 13.8 Å². The zero-order valence-electron chi connectivity index (χ0n) is 19.8. The lowest BCUT2D eigenvalue weighted by atomic mass is 10.1. The molecule has 1 N–H and O–H groups in total. The molecule has 180 valence electrons. The highest BCUT2D eigenvalue weighted by Crippen LogP contribution is 2.27. The zero-order chi connectivity index (χ0) is 24.8. The van der Waals surface area contributed by atoms with Gasteiger partial charge in [0.05, 0.1) is 11.9 Å². The van der Waals surface area contributed by atoms with Crippen LogP contribution in [0.3, 0.4) is 0 Å². The van der Waals surface area contributed by atoms with Gasteiger partial charge in [-0.2, -0.15) is 0 Å². The number of carbonyl (C=O) groups excluding carboxylic acids is 2. The van der Waals surface area contributed by atoms with Gasteiger partial charge in [-0.1, -0.05) is 53.2 Å². The number of nitrogens with one attached hydrogen (secondary N) is 1. The molecule has 0 saturated carbocycles. The number of benzene rings is 2. The topological polar surface area (TPSA) is 86.8 Å². The molecule has 9 heteroatoms. The van der Waals surface area contributed by atoms with E-state index in [1.165, 1.54) is 4.90 Å². The van der Waals surface area contributed by atoms with Crippen molar-refractivity contribution in [3.8, 4) is 0 Å². The Hall–Kier alpha value is -2.39. The van der Waals surface area contributed by atoms with Crippen molar-refractivity contribution in [1.29, 1.82) is 0 Å². The molecule has 2 amide bonds. The first-order valence-electron chi connectivity index (χ1n) is 10.8. The molecule has 2 rings (SSSR count). The van der Waals surface area contributed by atoms with E-state index in [0.717, 1.165) is 38.1 Å². The van der Waals surface area contributed by atoms with E-state index in [1.54, 1.807) is 6.92 Å². The Morgan fingerprint density at radius 3 is 2.24 bits per heavy atom. The van der Waals surface area contributed by atoms with Crippen LogP contribution in [0.25, 0.3) is 0 Å². The third-order valence-electron chi connectivity index (χ3n) is 5.33. The largest absolute Gasteiger partial charge is 0.354 e. The van der Waals surface area contributed by atoms with Crippen molar-refractivity contribution in [1.82, 2.24) is 10.2 Å². The van der Waals surface area contributed by atoms with Gasteiger partial charge in [0, 0.05) is 17.6 Å². The lowest BCUT2D eigenvalue weighted by Crippen LogP contribution is -2.51. The molecule has 0 fully saturated rings. The average Bonchev–Trinajstić information content (AvgIpc) is 2.73. The van der Waals surface area contributed by atoms with Crippen LogP contribution < -0.4 is 9.62 Å². The molecule has 0 spiro atoms. The summed E-state index contributed by atoms with van der Waals surface area (Å²) < 4.78 is 27.4. The van der Waals surface area contributed by atoms with Crippen LogP contribution in [0.4, 0.5) is 5.69 Å². The minimum absolute atomic E-state index is 0.170. The van der Waals surface area contributed by atoms with Gasteiger partial charge in [-0.3, -0.25) is 13.9 Å². The van der Waals surface area contributed by atoms with Gasteiger partial charge in [-0.25, -0.2) is 8.42 Å². The molecule has 1 unspecified atom stereocenters. The Bertz CT molecular complexity index is 1080. The first-order valence-corrected chi connectivity index (χ1v) is 13.4. The molecular formula is C24H32BrN3O4S. The van der Waals surface area contributed by atoms with Gasteiger partial charge in [0.1, 0.15) is 12.6 Å². The van der Waals surface area contributed by atoms with Crippen LogP contribution in [-0.4, -0.2) is 50.5 Å². The van der Waals surface area contributed by atoms with E-state index < -0.39 is 28.5 Å². The highest BCUT2D eigenvalue weighted by atomic mass is 79.9. The molecule has 2 aromatic carbocycles. The van der Waals surface area contributed by atoms with Crippen LogP contribution in [0.5, 0.6) is 0 Å². The Kier molecular flexibility index (Phi) is 9.48. The fourth-order valence-corrected chi connectivity index (χ4v) is 5.00. The van der Waals surface area contributed by atoms with E-state index in [1.807, 2.05) is 63.2 Å². The Labute approximate surface area is 205 Å². The van der Waals surface area contributed by atoms with E-state index in [0.29, 0.717) is 12.2 Å². The first kappa shape index (κ1) is 26.9. The highest BCUT2D eigenvalue weighted by Gasteiger charge is 2.31. The number of hydrogen-bond acceptors (Lipinski definition) is 4. The van der Waals surface area contributed by atoms with E-state index in [2.05, 4.69) is 21.2 Å². The number of amides is 2. The summed E-state index contributed by atoms with van der Waals surface area (Å²) in [6.07, 6.45) is 1.86. The summed E-state index contributed by atoms with van der Waals surface area (Å²) >= 11 is 3.43. The zero-order valence-corrected chi connectivity index (χ0v) is 22.2. The second kappa shape index (κ2) is 11.7. The van der Waals surface area contributed by atoms with Crippen LogP contribution >= 0.6 is 15.9 Å². The third-order valence-corrected chi connectivity index (χ3v) is 6.93. The number of aryl methyl sites for hydroxylation is 2. The highest BCUT2D eigenvalue weighted by molar-refractivity contribution is 9.10. The van der Waals surface area contributed by atoms with Crippen molar-refractivity contribution < 1.29 is 18.0 Å². The molecule has 0 bridgehead atoms. The molecule has 33 heavy (non-hydrogen) atoms. The lowest BCUT2D eigenvalue weighted by molar-refractivity contribution is -0.139. The maximum Gasteiger partial charge on any atom is 0.244 e. The summed E-state index contributed by atoms with van der Waals surface area (Å²) in [5, 5.41) is 2.82. The Balaban J connectivity index is 2.43. The summed E-state index contributed by atoms with van der Waals surface area (Å²) in [5.74, 6) is -0.736. The maximum atomic E-state index is 13.5. The summed E-state index contributed by atoms with van der Waals surface area (Å²) in [6, 6.07) is 12.1. The molecule has 0 aliphatic carbocycles. The van der Waals surface area contributed by atoms with Crippen LogP contribution in [0.2, 0.25) is 0 Å². The van der Waals surface area contributed by atoms with Gasteiger partial charge >= 0.3 is 0 Å². The summed E-state index contributed by atoms with van der Waals surface area (Å²) in [6.45, 7) is 7.50. The predicted octanol–water partition coefficient (Wildman–Crippen LogP) is 3.78. The number of rotatable bonds is 10. The molecule has 0 heterocycles. The number of carbonyl (C=O) groups is 2. The van der Waals surface area contributed by atoms with E-state index in [9.17, 15) is 18.0 Å². The van der Waals surface area contributed by atoms with Gasteiger partial charge in [0.2, 0.25) is 21.8 Å². The predicted molar refractivity (Wildman–Crippen MR) is 136 cm³/mol. The third kappa shape index (κ3) is 7.30. The second-order valence-corrected chi connectivity index (χ2v) is 11.0. The van der Waals surface area contributed by atoms with Crippen molar-refractivity contribution in [2.45, 2.75) is 46.7 Å². The van der Waals surface area contributed by atoms with Crippen LogP contribution in [0.1, 0.15) is 37.0 Å². The van der Waals surface area contributed by atoms with Gasteiger partial charge < -0.3 is 10.2 Å². The molecule has 0 saturated heterocycles. The quantitative estimate of drug-likeness (QED) is 0.499. The first-order chi connectivity index (χ1) is 15.5. The number of para-hydroxylation sites is 1. The molecule has 0 aliphatic rings. The van der Waals surface area contributed by atoms with Gasteiger partial charge in [0.25, 0.3) is 0 Å². The average molecular weight is 539 g/mol. The van der Waals surface area contributed by atoms with Crippen molar-refractivity contribution in [3.63, 3.8) is 0 Å². The minimum Gasteiger partial charge on any atom is -0.354 e. The molecular weight excluding hydrogens is 506 g/mol. The molecule has 0 aliphatic heterocycles. The van der Waals surface area contributed by atoms with E-state index >= 15 is 0 Å². The smallest absolute Gasteiger partial charge is 0.244 e. The standard InChI is InChI=1S/C24H32BrN3O4S/c1-6-13-26-24(30)19(4)27(15-20-11-8-12-21(25)14-20)22(29)16-28(33(5,31)32)23-17(2)9-7-10-18(23)3/h7-12,14,19H,6,13,15-16H2,1-5H3,(H,26,30). The molecule has 2 aromatic rings. The van der Waals surface area contributed by atoms with E-state index in [4.69, 9.17) is 0 Å².